The van der Waals surface area contributed by atoms with E-state index in [1.807, 2.05) is 32.2 Å². The van der Waals surface area contributed by atoms with Gasteiger partial charge in [0.15, 0.2) is 0 Å². The van der Waals surface area contributed by atoms with Gasteiger partial charge >= 0.3 is 0 Å². The number of carbonyl (C=O) groups excluding carboxylic acids is 1. The highest BCUT2D eigenvalue weighted by Gasteiger charge is 2.40. The number of aliphatic hydroxyl groups excluding tert-OH is 1. The second-order valence-corrected chi connectivity index (χ2v) is 6.72. The van der Waals surface area contributed by atoms with Gasteiger partial charge < -0.3 is 10.4 Å². The van der Waals surface area contributed by atoms with Crippen LogP contribution < -0.4 is 5.32 Å². The van der Waals surface area contributed by atoms with Gasteiger partial charge in [-0.3, -0.25) is 14.4 Å². The standard InChI is InChI=1S/C19H26N4O2/c1-3-23-13-15(11-20-23)21-19(25)16-9-10-17(18(16)24)22(2)12-14-7-5-4-6-8-14/h4-8,11,13,16-18,24H,3,9-10,12H2,1-2H3,(H,21,25)/t16-,17-,18+/m1/s1. The molecule has 3 atom stereocenters. The molecule has 0 spiro atoms. The maximum absolute atomic E-state index is 12.5. The van der Waals surface area contributed by atoms with Crippen molar-refractivity contribution in [1.82, 2.24) is 14.7 Å². The third-order valence-corrected chi connectivity index (χ3v) is 4.98. The Bertz CT molecular complexity index is 700. The molecule has 3 rings (SSSR count). The van der Waals surface area contributed by atoms with E-state index >= 15 is 0 Å². The van der Waals surface area contributed by atoms with E-state index < -0.39 is 6.10 Å². The number of hydrogen-bond donors (Lipinski definition) is 2. The van der Waals surface area contributed by atoms with E-state index in [2.05, 4.69) is 27.4 Å². The van der Waals surface area contributed by atoms with Gasteiger partial charge in [0.05, 0.1) is 23.9 Å². The number of amides is 1. The zero-order valence-electron chi connectivity index (χ0n) is 14.8. The zero-order chi connectivity index (χ0) is 17.8. The first kappa shape index (κ1) is 17.6. The fraction of sp³-hybridized carbons (Fsp3) is 0.474. The van der Waals surface area contributed by atoms with Crippen molar-refractivity contribution in [2.75, 3.05) is 12.4 Å². The van der Waals surface area contributed by atoms with Crippen molar-refractivity contribution in [3.63, 3.8) is 0 Å². The first-order chi connectivity index (χ1) is 12.1. The maximum atomic E-state index is 12.5. The number of aliphatic hydroxyl groups is 1. The molecule has 134 valence electrons. The van der Waals surface area contributed by atoms with Gasteiger partial charge in [-0.25, -0.2) is 0 Å². The Labute approximate surface area is 148 Å². The highest BCUT2D eigenvalue weighted by Crippen LogP contribution is 2.31. The van der Waals surface area contributed by atoms with Gasteiger partial charge in [0.1, 0.15) is 0 Å². The van der Waals surface area contributed by atoms with Crippen molar-refractivity contribution in [1.29, 1.82) is 0 Å². The molecule has 2 N–H and O–H groups in total. The summed E-state index contributed by atoms with van der Waals surface area (Å²) < 4.78 is 1.76. The van der Waals surface area contributed by atoms with E-state index in [1.165, 1.54) is 5.56 Å². The van der Waals surface area contributed by atoms with E-state index in [0.29, 0.717) is 12.1 Å². The molecule has 2 aromatic rings. The Morgan fingerprint density at radius 2 is 2.12 bits per heavy atom. The summed E-state index contributed by atoms with van der Waals surface area (Å²) >= 11 is 0. The minimum Gasteiger partial charge on any atom is -0.391 e. The summed E-state index contributed by atoms with van der Waals surface area (Å²) in [5, 5.41) is 17.7. The Hall–Kier alpha value is -2.18. The molecule has 0 aliphatic heterocycles. The summed E-state index contributed by atoms with van der Waals surface area (Å²) in [5.74, 6) is -0.507. The van der Waals surface area contributed by atoms with Crippen LogP contribution in [0.4, 0.5) is 5.69 Å². The largest absolute Gasteiger partial charge is 0.391 e. The Morgan fingerprint density at radius 3 is 2.80 bits per heavy atom. The molecule has 1 aromatic heterocycles. The van der Waals surface area contributed by atoms with Gasteiger partial charge in [-0.2, -0.15) is 5.10 Å². The Kier molecular flexibility index (Phi) is 5.50. The second kappa shape index (κ2) is 7.80. The topological polar surface area (TPSA) is 70.4 Å². The van der Waals surface area contributed by atoms with Crippen molar-refractivity contribution in [2.24, 2.45) is 5.92 Å². The first-order valence-corrected chi connectivity index (χ1v) is 8.84. The number of hydrogen-bond acceptors (Lipinski definition) is 4. The minimum absolute atomic E-state index is 0.00526. The predicted octanol–water partition coefficient (Wildman–Crippen LogP) is 2.11. The summed E-state index contributed by atoms with van der Waals surface area (Å²) in [6, 6.07) is 10.2. The fourth-order valence-corrected chi connectivity index (χ4v) is 3.55. The van der Waals surface area contributed by atoms with Gasteiger partial charge in [-0.1, -0.05) is 30.3 Å². The van der Waals surface area contributed by atoms with Crippen LogP contribution in [0.1, 0.15) is 25.3 Å². The molecule has 0 saturated heterocycles. The predicted molar refractivity (Wildman–Crippen MR) is 97.0 cm³/mol. The number of rotatable bonds is 6. The molecule has 6 nitrogen and oxygen atoms in total. The van der Waals surface area contributed by atoms with E-state index in [9.17, 15) is 9.90 Å². The van der Waals surface area contributed by atoms with Crippen LogP contribution >= 0.6 is 0 Å². The van der Waals surface area contributed by atoms with Crippen LogP contribution in [0.2, 0.25) is 0 Å². The van der Waals surface area contributed by atoms with Crippen LogP contribution in [0.25, 0.3) is 0 Å². The maximum Gasteiger partial charge on any atom is 0.230 e. The van der Waals surface area contributed by atoms with E-state index in [1.54, 1.807) is 17.1 Å². The molecule has 1 aliphatic carbocycles. The number of aromatic nitrogens is 2. The number of carbonyl (C=O) groups is 1. The van der Waals surface area contributed by atoms with Gasteiger partial charge in [-0.05, 0) is 32.4 Å². The molecule has 6 heteroatoms. The number of nitrogens with zero attached hydrogens (tertiary/aromatic N) is 3. The summed E-state index contributed by atoms with van der Waals surface area (Å²) in [6.07, 6.45) is 4.30. The van der Waals surface area contributed by atoms with Crippen LogP contribution in [0.3, 0.4) is 0 Å². The van der Waals surface area contributed by atoms with E-state index in [0.717, 1.165) is 19.5 Å². The third kappa shape index (κ3) is 4.08. The molecular formula is C19H26N4O2. The SMILES string of the molecule is CCn1cc(NC(=O)[C@@H]2CC[C@@H](N(C)Cc3ccccc3)[C@H]2O)cn1. The molecule has 25 heavy (non-hydrogen) atoms. The minimum atomic E-state index is -0.657. The molecule has 0 radical (unpaired) electrons. The quantitative estimate of drug-likeness (QED) is 0.843. The molecule has 0 bridgehead atoms. The number of nitrogens with one attached hydrogen (secondary N) is 1. The summed E-state index contributed by atoms with van der Waals surface area (Å²) in [6.45, 7) is 3.51. The van der Waals surface area contributed by atoms with Gasteiger partial charge in [0.25, 0.3) is 0 Å². The van der Waals surface area contributed by atoms with Crippen molar-refractivity contribution in [2.45, 2.75) is 45.0 Å². The van der Waals surface area contributed by atoms with E-state index in [-0.39, 0.29) is 17.9 Å². The molecule has 1 aromatic carbocycles. The van der Waals surface area contributed by atoms with Crippen molar-refractivity contribution < 1.29 is 9.90 Å². The van der Waals surface area contributed by atoms with Gasteiger partial charge in [-0.15, -0.1) is 0 Å². The molecular weight excluding hydrogens is 316 g/mol. The fourth-order valence-electron chi connectivity index (χ4n) is 3.55. The molecule has 1 fully saturated rings. The summed E-state index contributed by atoms with van der Waals surface area (Å²) in [7, 11) is 2.01. The average Bonchev–Trinajstić information content (AvgIpc) is 3.22. The molecule has 1 aliphatic rings. The lowest BCUT2D eigenvalue weighted by atomic mass is 10.0. The van der Waals surface area contributed by atoms with Crippen molar-refractivity contribution in [3.8, 4) is 0 Å². The van der Waals surface area contributed by atoms with Crippen LogP contribution in [-0.4, -0.2) is 44.9 Å². The monoisotopic (exact) mass is 342 g/mol. The van der Waals surface area contributed by atoms with Gasteiger partial charge in [0, 0.05) is 25.3 Å². The summed E-state index contributed by atoms with van der Waals surface area (Å²) in [5.41, 5.74) is 1.89. The second-order valence-electron chi connectivity index (χ2n) is 6.72. The molecule has 0 unspecified atom stereocenters. The van der Waals surface area contributed by atoms with Crippen LogP contribution in [0.15, 0.2) is 42.7 Å². The van der Waals surface area contributed by atoms with E-state index in [4.69, 9.17) is 0 Å². The van der Waals surface area contributed by atoms with Crippen LogP contribution in [0.5, 0.6) is 0 Å². The number of aryl methyl sites for hydroxylation is 1. The average molecular weight is 342 g/mol. The number of anilines is 1. The third-order valence-electron chi connectivity index (χ3n) is 4.98. The first-order valence-electron chi connectivity index (χ1n) is 8.84. The molecule has 1 saturated carbocycles. The lowest BCUT2D eigenvalue weighted by molar-refractivity contribution is -0.123. The molecule has 1 amide bonds. The Balaban J connectivity index is 1.58. The number of benzene rings is 1. The summed E-state index contributed by atoms with van der Waals surface area (Å²) in [4.78, 5) is 14.7. The van der Waals surface area contributed by atoms with Crippen molar-refractivity contribution in [3.05, 3.63) is 48.3 Å². The van der Waals surface area contributed by atoms with Crippen LogP contribution in [-0.2, 0) is 17.9 Å². The zero-order valence-corrected chi connectivity index (χ0v) is 14.8. The smallest absolute Gasteiger partial charge is 0.230 e. The highest BCUT2D eigenvalue weighted by atomic mass is 16.3. The lowest BCUT2D eigenvalue weighted by Crippen LogP contribution is -2.42. The van der Waals surface area contributed by atoms with Gasteiger partial charge in [0.2, 0.25) is 5.91 Å². The molecule has 1 heterocycles. The highest BCUT2D eigenvalue weighted by molar-refractivity contribution is 5.93. The van der Waals surface area contributed by atoms with Crippen molar-refractivity contribution >= 4 is 11.6 Å². The Morgan fingerprint density at radius 1 is 1.36 bits per heavy atom. The van der Waals surface area contributed by atoms with Crippen LogP contribution in [0, 0.1) is 5.92 Å². The lowest BCUT2D eigenvalue weighted by Gasteiger charge is -2.28. The number of likely N-dealkylation sites (N-methyl/N-ethyl adjacent to an activating group) is 1. The normalized spacial score (nSPS) is 23.1.